The van der Waals surface area contributed by atoms with Crippen LogP contribution in [-0.2, 0) is 5.41 Å². The van der Waals surface area contributed by atoms with E-state index < -0.39 is 6.23 Å². The Hall–Kier alpha value is -1.02. The van der Waals surface area contributed by atoms with E-state index in [-0.39, 0.29) is 5.41 Å². The van der Waals surface area contributed by atoms with E-state index in [1.54, 1.807) is 0 Å². The van der Waals surface area contributed by atoms with Crippen LogP contribution < -0.4 is 4.90 Å². The highest BCUT2D eigenvalue weighted by atomic mass is 16.3. The summed E-state index contributed by atoms with van der Waals surface area (Å²) in [5.41, 5.74) is 3.87. The maximum Gasteiger partial charge on any atom is 0.124 e. The van der Waals surface area contributed by atoms with Crippen molar-refractivity contribution in [2.24, 2.45) is 0 Å². The van der Waals surface area contributed by atoms with Crippen LogP contribution in [0.3, 0.4) is 0 Å². The highest BCUT2D eigenvalue weighted by Gasteiger charge is 2.43. The Morgan fingerprint density at radius 2 is 2.00 bits per heavy atom. The molecule has 0 amide bonds. The average molecular weight is 219 g/mol. The number of fused-ring (bicyclic) bond motifs is 1. The van der Waals surface area contributed by atoms with E-state index in [0.29, 0.717) is 6.04 Å². The number of aliphatic hydroxyl groups is 1. The molecule has 2 heteroatoms. The monoisotopic (exact) mass is 219 g/mol. The van der Waals surface area contributed by atoms with Crippen molar-refractivity contribution in [1.29, 1.82) is 0 Å². The second-order valence-corrected chi connectivity index (χ2v) is 5.46. The molecule has 0 saturated heterocycles. The molecule has 2 atom stereocenters. The number of aliphatic hydroxyl groups excluding tert-OH is 1. The largest absolute Gasteiger partial charge is 0.374 e. The molecule has 0 saturated carbocycles. The molecule has 0 spiro atoms. The second-order valence-electron chi connectivity index (χ2n) is 5.46. The zero-order valence-electron chi connectivity index (χ0n) is 10.8. The highest BCUT2D eigenvalue weighted by molar-refractivity contribution is 5.65. The summed E-state index contributed by atoms with van der Waals surface area (Å²) in [5, 5.41) is 9.92. The predicted octanol–water partition coefficient (Wildman–Crippen LogP) is 2.82. The number of aryl methyl sites for hydroxylation is 1. The van der Waals surface area contributed by atoms with Crippen molar-refractivity contribution >= 4 is 5.69 Å². The fourth-order valence-corrected chi connectivity index (χ4v) is 2.71. The molecule has 0 aliphatic carbocycles. The van der Waals surface area contributed by atoms with Gasteiger partial charge in [-0.3, -0.25) is 0 Å². The molecule has 1 aromatic rings. The SMILES string of the molecule is Cc1ccc2c(c1)N(C(C)O)C(C)C2(C)C. The number of nitrogens with zero attached hydrogens (tertiary/aromatic N) is 1. The van der Waals surface area contributed by atoms with E-state index in [2.05, 4.69) is 50.8 Å². The summed E-state index contributed by atoms with van der Waals surface area (Å²) in [7, 11) is 0. The molecule has 0 radical (unpaired) electrons. The molecule has 2 rings (SSSR count). The van der Waals surface area contributed by atoms with E-state index in [1.165, 1.54) is 16.8 Å². The first-order chi connectivity index (χ1) is 7.35. The van der Waals surface area contributed by atoms with Gasteiger partial charge in [-0.2, -0.15) is 0 Å². The molecular weight excluding hydrogens is 198 g/mol. The van der Waals surface area contributed by atoms with Gasteiger partial charge < -0.3 is 10.0 Å². The minimum absolute atomic E-state index is 0.0972. The minimum Gasteiger partial charge on any atom is -0.374 e. The lowest BCUT2D eigenvalue weighted by molar-refractivity contribution is 0.173. The first kappa shape index (κ1) is 11.5. The number of benzene rings is 1. The van der Waals surface area contributed by atoms with Gasteiger partial charge in [0.15, 0.2) is 0 Å². The third-order valence-corrected chi connectivity index (χ3v) is 3.99. The van der Waals surface area contributed by atoms with Crippen molar-refractivity contribution in [2.45, 2.75) is 52.3 Å². The zero-order chi connectivity index (χ0) is 12.1. The van der Waals surface area contributed by atoms with Crippen LogP contribution in [0, 0.1) is 6.92 Å². The topological polar surface area (TPSA) is 23.5 Å². The Balaban J connectivity index is 2.60. The van der Waals surface area contributed by atoms with Crippen molar-refractivity contribution in [2.75, 3.05) is 4.90 Å². The zero-order valence-corrected chi connectivity index (χ0v) is 10.8. The van der Waals surface area contributed by atoms with Gasteiger partial charge in [-0.15, -0.1) is 0 Å². The van der Waals surface area contributed by atoms with Gasteiger partial charge in [0.1, 0.15) is 6.23 Å². The summed E-state index contributed by atoms with van der Waals surface area (Å²) < 4.78 is 0. The third kappa shape index (κ3) is 1.44. The normalized spacial score (nSPS) is 24.4. The molecule has 16 heavy (non-hydrogen) atoms. The molecule has 2 nitrogen and oxygen atoms in total. The maximum atomic E-state index is 9.92. The summed E-state index contributed by atoms with van der Waals surface area (Å²) in [6.07, 6.45) is -0.433. The van der Waals surface area contributed by atoms with E-state index in [4.69, 9.17) is 0 Å². The Morgan fingerprint density at radius 1 is 1.38 bits per heavy atom. The van der Waals surface area contributed by atoms with Crippen LogP contribution in [0.15, 0.2) is 18.2 Å². The Bertz CT molecular complexity index is 409. The third-order valence-electron chi connectivity index (χ3n) is 3.99. The lowest BCUT2D eigenvalue weighted by Gasteiger charge is -2.33. The number of rotatable bonds is 1. The molecule has 0 aromatic heterocycles. The van der Waals surface area contributed by atoms with Crippen molar-refractivity contribution in [1.82, 2.24) is 0 Å². The van der Waals surface area contributed by atoms with Crippen LogP contribution in [-0.4, -0.2) is 17.4 Å². The Kier molecular flexibility index (Phi) is 2.50. The molecule has 1 aliphatic rings. The van der Waals surface area contributed by atoms with Gasteiger partial charge in [-0.25, -0.2) is 0 Å². The van der Waals surface area contributed by atoms with Gasteiger partial charge >= 0.3 is 0 Å². The lowest BCUT2D eigenvalue weighted by atomic mass is 9.81. The van der Waals surface area contributed by atoms with E-state index in [9.17, 15) is 5.11 Å². The van der Waals surface area contributed by atoms with Crippen LogP contribution >= 0.6 is 0 Å². The molecule has 2 unspecified atom stereocenters. The lowest BCUT2D eigenvalue weighted by Crippen LogP contribution is -2.43. The molecule has 1 aliphatic heterocycles. The number of hydrogen-bond donors (Lipinski definition) is 1. The molecule has 1 heterocycles. The summed E-state index contributed by atoms with van der Waals surface area (Å²) >= 11 is 0. The number of hydrogen-bond acceptors (Lipinski definition) is 2. The van der Waals surface area contributed by atoms with Crippen LogP contribution in [0.2, 0.25) is 0 Å². The fraction of sp³-hybridized carbons (Fsp3) is 0.571. The summed E-state index contributed by atoms with van der Waals surface area (Å²) in [6.45, 7) is 10.6. The standard InChI is InChI=1S/C14H21NO/c1-9-6-7-12-13(8-9)15(11(3)16)10(2)14(12,4)5/h6-8,10-11,16H,1-5H3. The van der Waals surface area contributed by atoms with Crippen molar-refractivity contribution in [3.8, 4) is 0 Å². The van der Waals surface area contributed by atoms with Crippen LogP contribution in [0.4, 0.5) is 5.69 Å². The van der Waals surface area contributed by atoms with Gasteiger partial charge in [-0.05, 0) is 38.0 Å². The first-order valence-corrected chi connectivity index (χ1v) is 5.93. The second kappa shape index (κ2) is 3.49. The average Bonchev–Trinajstić information content (AvgIpc) is 2.34. The highest BCUT2D eigenvalue weighted by Crippen LogP contribution is 2.45. The smallest absolute Gasteiger partial charge is 0.124 e. The first-order valence-electron chi connectivity index (χ1n) is 5.93. The van der Waals surface area contributed by atoms with Crippen molar-refractivity contribution in [3.63, 3.8) is 0 Å². The van der Waals surface area contributed by atoms with E-state index in [0.717, 1.165) is 0 Å². The summed E-state index contributed by atoms with van der Waals surface area (Å²) in [5.74, 6) is 0. The van der Waals surface area contributed by atoms with Crippen LogP contribution in [0.25, 0.3) is 0 Å². The number of anilines is 1. The minimum atomic E-state index is -0.433. The maximum absolute atomic E-state index is 9.92. The van der Waals surface area contributed by atoms with E-state index >= 15 is 0 Å². The van der Waals surface area contributed by atoms with Gasteiger partial charge in [0.05, 0.1) is 0 Å². The van der Waals surface area contributed by atoms with Gasteiger partial charge in [0.2, 0.25) is 0 Å². The molecule has 0 fully saturated rings. The van der Waals surface area contributed by atoms with Crippen LogP contribution in [0.5, 0.6) is 0 Å². The Labute approximate surface area is 97.9 Å². The van der Waals surface area contributed by atoms with Crippen molar-refractivity contribution < 1.29 is 5.11 Å². The van der Waals surface area contributed by atoms with E-state index in [1.807, 2.05) is 6.92 Å². The molecule has 88 valence electrons. The molecule has 1 aromatic carbocycles. The molecular formula is C14H21NO. The Morgan fingerprint density at radius 3 is 2.56 bits per heavy atom. The summed E-state index contributed by atoms with van der Waals surface area (Å²) in [6, 6.07) is 6.85. The molecule has 0 bridgehead atoms. The quantitative estimate of drug-likeness (QED) is 0.785. The van der Waals surface area contributed by atoms with Gasteiger partial charge in [0, 0.05) is 17.1 Å². The van der Waals surface area contributed by atoms with Crippen LogP contribution in [0.1, 0.15) is 38.8 Å². The fourth-order valence-electron chi connectivity index (χ4n) is 2.71. The molecule has 1 N–H and O–H groups in total. The predicted molar refractivity (Wildman–Crippen MR) is 67.8 cm³/mol. The van der Waals surface area contributed by atoms with Crippen molar-refractivity contribution in [3.05, 3.63) is 29.3 Å². The summed E-state index contributed by atoms with van der Waals surface area (Å²) in [4.78, 5) is 2.11. The van der Waals surface area contributed by atoms with Gasteiger partial charge in [-0.1, -0.05) is 26.0 Å². The van der Waals surface area contributed by atoms with Gasteiger partial charge in [0.25, 0.3) is 0 Å².